The zero-order valence-electron chi connectivity index (χ0n) is 24.5. The molecule has 1 saturated carbocycles. The van der Waals surface area contributed by atoms with Crippen LogP contribution in [-0.2, 0) is 11.2 Å². The van der Waals surface area contributed by atoms with Crippen LogP contribution in [0.15, 0.2) is 48.5 Å². The Kier molecular flexibility index (Phi) is 10.8. The van der Waals surface area contributed by atoms with Crippen LogP contribution in [0.4, 0.5) is 10.5 Å². The molecule has 3 amide bonds. The normalized spacial score (nSPS) is 23.4. The Labute approximate surface area is 239 Å². The Morgan fingerprint density at radius 2 is 1.80 bits per heavy atom. The molecular weight excluding hydrogens is 504 g/mol. The number of rotatable bonds is 6. The van der Waals surface area contributed by atoms with Crippen molar-refractivity contribution in [3.8, 4) is 5.75 Å². The van der Waals surface area contributed by atoms with Crippen LogP contribution in [0.3, 0.4) is 0 Å². The highest BCUT2D eigenvalue weighted by atomic mass is 16.5. The molecule has 1 fully saturated rings. The number of anilines is 1. The van der Waals surface area contributed by atoms with Crippen molar-refractivity contribution in [2.24, 2.45) is 5.92 Å². The van der Waals surface area contributed by atoms with E-state index in [9.17, 15) is 9.59 Å². The molecule has 1 aliphatic carbocycles. The van der Waals surface area contributed by atoms with Crippen molar-refractivity contribution < 1.29 is 19.1 Å². The summed E-state index contributed by atoms with van der Waals surface area (Å²) in [5.41, 5.74) is 2.31. The van der Waals surface area contributed by atoms with Gasteiger partial charge in [0.2, 0.25) is 0 Å². The van der Waals surface area contributed by atoms with Gasteiger partial charge in [0.05, 0.1) is 11.7 Å². The van der Waals surface area contributed by atoms with E-state index in [-0.39, 0.29) is 36.0 Å². The van der Waals surface area contributed by atoms with Gasteiger partial charge < -0.3 is 25.0 Å². The third-order valence-corrected chi connectivity index (χ3v) is 8.30. The van der Waals surface area contributed by atoms with E-state index in [1.165, 1.54) is 12.0 Å². The molecule has 8 heteroatoms. The second-order valence-electron chi connectivity index (χ2n) is 11.5. The summed E-state index contributed by atoms with van der Waals surface area (Å²) in [5.74, 6) is 0.566. The Hall–Kier alpha value is -3.10. The maximum absolute atomic E-state index is 13.6. The van der Waals surface area contributed by atoms with Gasteiger partial charge in [-0.2, -0.15) is 0 Å². The Morgan fingerprint density at radius 3 is 2.52 bits per heavy atom. The molecule has 1 aliphatic heterocycles. The molecule has 8 nitrogen and oxygen atoms in total. The highest BCUT2D eigenvalue weighted by molar-refractivity contribution is 5.99. The largest absolute Gasteiger partial charge is 0.491 e. The predicted octanol–water partition coefficient (Wildman–Crippen LogP) is 5.19. The Balaban J connectivity index is 1.52. The first-order chi connectivity index (χ1) is 19.3. The van der Waals surface area contributed by atoms with Crippen LogP contribution >= 0.6 is 0 Å². The van der Waals surface area contributed by atoms with E-state index in [1.807, 2.05) is 6.07 Å². The molecule has 4 rings (SSSR count). The van der Waals surface area contributed by atoms with Gasteiger partial charge in [0.15, 0.2) is 0 Å². The summed E-state index contributed by atoms with van der Waals surface area (Å²) in [6.07, 6.45) is 6.36. The van der Waals surface area contributed by atoms with Crippen LogP contribution in [0, 0.1) is 5.92 Å². The second kappa shape index (κ2) is 14.5. The van der Waals surface area contributed by atoms with E-state index >= 15 is 0 Å². The summed E-state index contributed by atoms with van der Waals surface area (Å²) < 4.78 is 12.2. The number of methoxy groups -OCH3 is 1. The summed E-state index contributed by atoms with van der Waals surface area (Å²) in [4.78, 5) is 30.5. The highest BCUT2D eigenvalue weighted by Gasteiger charge is 2.28. The predicted molar refractivity (Wildman–Crippen MR) is 159 cm³/mol. The van der Waals surface area contributed by atoms with Crippen molar-refractivity contribution >= 4 is 17.6 Å². The smallest absolute Gasteiger partial charge is 0.319 e. The summed E-state index contributed by atoms with van der Waals surface area (Å²) in [5, 5.41) is 6.00. The minimum Gasteiger partial charge on any atom is -0.491 e. The molecule has 40 heavy (non-hydrogen) atoms. The fourth-order valence-electron chi connectivity index (χ4n) is 5.76. The highest BCUT2D eigenvalue weighted by Crippen LogP contribution is 2.27. The van der Waals surface area contributed by atoms with Gasteiger partial charge >= 0.3 is 6.03 Å². The van der Waals surface area contributed by atoms with Crippen molar-refractivity contribution in [1.82, 2.24) is 15.1 Å². The molecular formula is C32H46N4O4. The van der Waals surface area contributed by atoms with Crippen LogP contribution in [0.5, 0.6) is 5.75 Å². The number of nitrogens with one attached hydrogen (secondary N) is 2. The van der Waals surface area contributed by atoms with E-state index in [2.05, 4.69) is 53.6 Å². The third-order valence-electron chi connectivity index (χ3n) is 8.30. The van der Waals surface area contributed by atoms with E-state index < -0.39 is 0 Å². The van der Waals surface area contributed by atoms with E-state index in [1.54, 1.807) is 37.3 Å². The van der Waals surface area contributed by atoms with Crippen LogP contribution in [0.1, 0.15) is 61.9 Å². The summed E-state index contributed by atoms with van der Waals surface area (Å²) in [7, 11) is 3.51. The van der Waals surface area contributed by atoms with E-state index in [0.29, 0.717) is 30.2 Å². The molecule has 0 radical (unpaired) electrons. The first-order valence-electron chi connectivity index (χ1n) is 14.7. The van der Waals surface area contributed by atoms with Crippen LogP contribution < -0.4 is 15.4 Å². The maximum atomic E-state index is 13.6. The minimum atomic E-state index is -0.238. The van der Waals surface area contributed by atoms with Crippen molar-refractivity contribution in [2.75, 3.05) is 45.7 Å². The van der Waals surface area contributed by atoms with E-state index in [0.717, 1.165) is 45.2 Å². The lowest BCUT2D eigenvalue weighted by Gasteiger charge is -2.36. The Morgan fingerprint density at radius 1 is 1.05 bits per heavy atom. The number of carbonyl (C=O) groups excluding carboxylic acids is 2. The molecule has 2 N–H and O–H groups in total. The first-order valence-corrected chi connectivity index (χ1v) is 14.7. The summed E-state index contributed by atoms with van der Waals surface area (Å²) >= 11 is 0. The molecule has 0 aromatic heterocycles. The number of hydrogen-bond donors (Lipinski definition) is 2. The molecule has 0 bridgehead atoms. The number of urea groups is 1. The summed E-state index contributed by atoms with van der Waals surface area (Å²) in [6, 6.07) is 15.9. The molecule has 0 saturated heterocycles. The fraction of sp³-hybridized carbons (Fsp3) is 0.562. The number of benzene rings is 2. The van der Waals surface area contributed by atoms with Crippen molar-refractivity contribution in [3.05, 3.63) is 59.7 Å². The molecule has 0 unspecified atom stereocenters. The topological polar surface area (TPSA) is 83.1 Å². The first kappa shape index (κ1) is 29.9. The van der Waals surface area contributed by atoms with Gasteiger partial charge in [-0.1, -0.05) is 56.5 Å². The Bertz CT molecular complexity index is 1110. The van der Waals surface area contributed by atoms with Gasteiger partial charge in [0.1, 0.15) is 12.4 Å². The monoisotopic (exact) mass is 550 g/mol. The quantitative estimate of drug-likeness (QED) is 0.517. The average Bonchev–Trinajstić information content (AvgIpc) is 2.97. The number of amides is 3. The number of fused-ring (bicyclic) bond motifs is 1. The molecule has 0 spiro atoms. The average molecular weight is 551 g/mol. The third kappa shape index (κ3) is 8.21. The van der Waals surface area contributed by atoms with Crippen LogP contribution in [0.2, 0.25) is 0 Å². The molecule has 2 aromatic carbocycles. The van der Waals surface area contributed by atoms with Gasteiger partial charge in [-0.05, 0) is 55.9 Å². The van der Waals surface area contributed by atoms with Crippen LogP contribution in [0.25, 0.3) is 0 Å². The molecule has 2 aromatic rings. The number of nitrogens with zero attached hydrogens (tertiary/aromatic N) is 2. The standard InChI is InChI=1S/C32H46N4O4/c1-23-20-36(18-17-25-11-7-5-8-12-25)24(2)22-40-29-16-15-27(34-32(38)33-26-13-9-6-10-14-26)19-28(29)31(37)35(3)21-30(23)39-4/h5,7-8,11-12,15-16,19,23-24,26,30H,6,9-10,13-14,17-18,20-22H2,1-4H3,(H2,33,34,38)/t23-,24-,30+/m1/s1. The number of ether oxygens (including phenoxy) is 2. The van der Waals surface area contributed by atoms with Crippen molar-refractivity contribution in [2.45, 2.75) is 70.6 Å². The number of likely N-dealkylation sites (N-methyl/N-ethyl adjacent to an activating group) is 1. The molecule has 3 atom stereocenters. The van der Waals surface area contributed by atoms with Gasteiger partial charge in [-0.3, -0.25) is 9.69 Å². The lowest BCUT2D eigenvalue weighted by molar-refractivity contribution is 0.0109. The molecule has 218 valence electrons. The fourth-order valence-corrected chi connectivity index (χ4v) is 5.76. The van der Waals surface area contributed by atoms with Crippen LogP contribution in [-0.4, -0.2) is 80.3 Å². The molecule has 2 aliphatic rings. The zero-order valence-corrected chi connectivity index (χ0v) is 24.5. The van der Waals surface area contributed by atoms with Gasteiger partial charge in [-0.15, -0.1) is 0 Å². The lowest BCUT2D eigenvalue weighted by Crippen LogP contribution is -2.47. The van der Waals surface area contributed by atoms with Gasteiger partial charge in [0.25, 0.3) is 5.91 Å². The van der Waals surface area contributed by atoms with Crippen molar-refractivity contribution in [3.63, 3.8) is 0 Å². The van der Waals surface area contributed by atoms with Crippen molar-refractivity contribution in [1.29, 1.82) is 0 Å². The van der Waals surface area contributed by atoms with Gasteiger partial charge in [0, 0.05) is 51.6 Å². The zero-order chi connectivity index (χ0) is 28.5. The second-order valence-corrected chi connectivity index (χ2v) is 11.5. The number of carbonyl (C=O) groups is 2. The SMILES string of the molecule is CO[C@H]1CN(C)C(=O)c2cc(NC(=O)NC3CCCCC3)ccc2OC[C@@H](C)N(CCc2ccccc2)C[C@H]1C. The molecule has 1 heterocycles. The number of hydrogen-bond acceptors (Lipinski definition) is 5. The maximum Gasteiger partial charge on any atom is 0.319 e. The van der Waals surface area contributed by atoms with Gasteiger partial charge in [-0.25, -0.2) is 4.79 Å². The summed E-state index contributed by atoms with van der Waals surface area (Å²) in [6.45, 7) is 6.99. The minimum absolute atomic E-state index is 0.119. The van der Waals surface area contributed by atoms with E-state index in [4.69, 9.17) is 9.47 Å². The lowest BCUT2D eigenvalue weighted by atomic mass is 9.96.